The van der Waals surface area contributed by atoms with Crippen molar-refractivity contribution >= 4 is 11.3 Å². The van der Waals surface area contributed by atoms with Crippen molar-refractivity contribution in [1.29, 1.82) is 0 Å². The maximum atomic E-state index is 9.40. The van der Waals surface area contributed by atoms with Gasteiger partial charge in [-0.2, -0.15) is 0 Å². The van der Waals surface area contributed by atoms with Gasteiger partial charge in [-0.25, -0.2) is 0 Å². The fraction of sp³-hybridized carbons (Fsp3) is 0. The fourth-order valence-electron chi connectivity index (χ4n) is 1.08. The lowest BCUT2D eigenvalue weighted by molar-refractivity contribution is 0.423. The largest absolute Gasteiger partial charge is 0.506 e. The number of nitrogens with two attached hydrogens (primary N) is 2. The molecule has 16 heavy (non-hydrogen) atoms. The summed E-state index contributed by atoms with van der Waals surface area (Å²) in [5.74, 6) is -0.181. The number of aliphatic hydroxyl groups is 1. The number of phenolic OH excluding ortho intramolecular Hbond substituents is 1. The van der Waals surface area contributed by atoms with Gasteiger partial charge in [0, 0.05) is 0 Å². The van der Waals surface area contributed by atoms with Crippen molar-refractivity contribution in [3.8, 4) is 5.75 Å². The first-order valence-corrected chi connectivity index (χ1v) is 4.55. The summed E-state index contributed by atoms with van der Waals surface area (Å²) in [5.41, 5.74) is 12.2. The van der Waals surface area contributed by atoms with E-state index in [9.17, 15) is 10.2 Å². The van der Waals surface area contributed by atoms with E-state index >= 15 is 0 Å². The Bertz CT molecular complexity index is 476. The SMILES string of the molecule is C=C(N)/C(O)=C\C(=C)c1ccc(N)c(O)c1. The molecule has 0 aliphatic carbocycles. The van der Waals surface area contributed by atoms with Crippen molar-refractivity contribution < 1.29 is 10.2 Å². The minimum atomic E-state index is -0.152. The number of hydrogen-bond acceptors (Lipinski definition) is 4. The van der Waals surface area contributed by atoms with Crippen LogP contribution in [0.25, 0.3) is 5.57 Å². The Hall–Kier alpha value is -2.36. The van der Waals surface area contributed by atoms with Crippen molar-refractivity contribution in [2.45, 2.75) is 0 Å². The average Bonchev–Trinajstić information content (AvgIpc) is 2.21. The summed E-state index contributed by atoms with van der Waals surface area (Å²) in [5, 5.41) is 18.8. The maximum Gasteiger partial charge on any atom is 0.139 e. The Labute approximate surface area is 93.8 Å². The summed E-state index contributed by atoms with van der Waals surface area (Å²) in [7, 11) is 0. The standard InChI is InChI=1S/C12H14N2O2/c1-7(5-11(15)8(2)13)9-3-4-10(14)12(16)6-9/h3-6,15-16H,1-2,13-14H2/b11-5+. The highest BCUT2D eigenvalue weighted by atomic mass is 16.3. The highest BCUT2D eigenvalue weighted by Gasteiger charge is 2.03. The van der Waals surface area contributed by atoms with E-state index in [2.05, 4.69) is 13.2 Å². The molecule has 4 heteroatoms. The van der Waals surface area contributed by atoms with Crippen LogP contribution in [-0.4, -0.2) is 10.2 Å². The summed E-state index contributed by atoms with van der Waals surface area (Å²) in [6, 6.07) is 4.69. The zero-order chi connectivity index (χ0) is 12.3. The van der Waals surface area contributed by atoms with E-state index < -0.39 is 0 Å². The van der Waals surface area contributed by atoms with Crippen LogP contribution >= 0.6 is 0 Å². The molecule has 0 unspecified atom stereocenters. The Kier molecular flexibility index (Phi) is 3.25. The number of benzene rings is 1. The predicted molar refractivity (Wildman–Crippen MR) is 65.6 cm³/mol. The van der Waals surface area contributed by atoms with Crippen LogP contribution in [0.4, 0.5) is 5.69 Å². The van der Waals surface area contributed by atoms with Gasteiger partial charge in [-0.05, 0) is 29.3 Å². The van der Waals surface area contributed by atoms with Crippen LogP contribution in [0.1, 0.15) is 5.56 Å². The first-order valence-electron chi connectivity index (χ1n) is 4.55. The minimum Gasteiger partial charge on any atom is -0.506 e. The molecule has 1 aromatic carbocycles. The van der Waals surface area contributed by atoms with Gasteiger partial charge in [0.1, 0.15) is 11.5 Å². The van der Waals surface area contributed by atoms with Gasteiger partial charge in [0.15, 0.2) is 0 Å². The molecule has 4 nitrogen and oxygen atoms in total. The van der Waals surface area contributed by atoms with E-state index in [0.717, 1.165) is 0 Å². The highest BCUT2D eigenvalue weighted by molar-refractivity contribution is 5.75. The average molecular weight is 218 g/mol. The number of hydrogen-bond donors (Lipinski definition) is 4. The number of anilines is 1. The zero-order valence-electron chi connectivity index (χ0n) is 8.77. The fourth-order valence-corrected chi connectivity index (χ4v) is 1.08. The summed E-state index contributed by atoms with van der Waals surface area (Å²) in [6.07, 6.45) is 1.37. The Morgan fingerprint density at radius 1 is 1.31 bits per heavy atom. The molecule has 0 radical (unpaired) electrons. The molecule has 0 saturated carbocycles. The molecule has 0 aliphatic rings. The zero-order valence-corrected chi connectivity index (χ0v) is 8.77. The van der Waals surface area contributed by atoms with Crippen LogP contribution in [0.3, 0.4) is 0 Å². The molecule has 0 bridgehead atoms. The van der Waals surface area contributed by atoms with Gasteiger partial charge in [-0.15, -0.1) is 0 Å². The molecule has 0 amide bonds. The monoisotopic (exact) mass is 218 g/mol. The summed E-state index contributed by atoms with van der Waals surface area (Å²) < 4.78 is 0. The predicted octanol–water partition coefficient (Wildman–Crippen LogP) is 1.90. The number of phenols is 1. The molecule has 84 valence electrons. The van der Waals surface area contributed by atoms with Crippen LogP contribution in [0.5, 0.6) is 5.75 Å². The molecule has 0 fully saturated rings. The van der Waals surface area contributed by atoms with E-state index in [1.807, 2.05) is 0 Å². The van der Waals surface area contributed by atoms with Gasteiger partial charge in [-0.1, -0.05) is 19.2 Å². The maximum absolute atomic E-state index is 9.40. The van der Waals surface area contributed by atoms with Gasteiger partial charge in [0.05, 0.1) is 11.4 Å². The van der Waals surface area contributed by atoms with E-state index in [0.29, 0.717) is 11.1 Å². The van der Waals surface area contributed by atoms with Crippen molar-refractivity contribution in [3.63, 3.8) is 0 Å². The molecule has 0 aromatic heterocycles. The second-order valence-electron chi connectivity index (χ2n) is 3.35. The third-order valence-electron chi connectivity index (χ3n) is 2.04. The molecule has 6 N–H and O–H groups in total. The van der Waals surface area contributed by atoms with Gasteiger partial charge in [-0.3, -0.25) is 0 Å². The number of allylic oxidation sites excluding steroid dienone is 2. The molecule has 0 saturated heterocycles. The highest BCUT2D eigenvalue weighted by Crippen LogP contribution is 2.25. The van der Waals surface area contributed by atoms with Crippen LogP contribution in [-0.2, 0) is 0 Å². The van der Waals surface area contributed by atoms with E-state index in [1.54, 1.807) is 12.1 Å². The van der Waals surface area contributed by atoms with Crippen molar-refractivity contribution in [1.82, 2.24) is 0 Å². The molecule has 0 aliphatic heterocycles. The molecule has 0 spiro atoms. The van der Waals surface area contributed by atoms with Crippen molar-refractivity contribution in [3.05, 3.63) is 54.5 Å². The molecule has 1 aromatic rings. The topological polar surface area (TPSA) is 92.5 Å². The lowest BCUT2D eigenvalue weighted by Gasteiger charge is -2.05. The lowest BCUT2D eigenvalue weighted by atomic mass is 10.1. The Morgan fingerprint density at radius 2 is 1.94 bits per heavy atom. The summed E-state index contributed by atoms with van der Waals surface area (Å²) in [4.78, 5) is 0. The van der Waals surface area contributed by atoms with E-state index in [1.165, 1.54) is 12.1 Å². The Balaban J connectivity index is 3.02. The molecular formula is C12H14N2O2. The van der Waals surface area contributed by atoms with Crippen LogP contribution < -0.4 is 11.5 Å². The molecular weight excluding hydrogens is 204 g/mol. The first kappa shape index (κ1) is 11.7. The van der Waals surface area contributed by atoms with Crippen molar-refractivity contribution in [2.75, 3.05) is 5.73 Å². The normalized spacial score (nSPS) is 11.1. The first-order chi connectivity index (χ1) is 7.41. The van der Waals surface area contributed by atoms with Crippen LogP contribution in [0, 0.1) is 0 Å². The second kappa shape index (κ2) is 4.44. The minimum absolute atomic E-state index is 0.0295. The summed E-state index contributed by atoms with van der Waals surface area (Å²) >= 11 is 0. The third kappa shape index (κ3) is 2.57. The number of nitrogen functional groups attached to an aromatic ring is 1. The number of rotatable bonds is 3. The second-order valence-corrected chi connectivity index (χ2v) is 3.35. The van der Waals surface area contributed by atoms with Crippen LogP contribution in [0.15, 0.2) is 48.9 Å². The summed E-state index contributed by atoms with van der Waals surface area (Å²) in [6.45, 7) is 7.12. The quantitative estimate of drug-likeness (QED) is 0.270. The molecule has 0 atom stereocenters. The van der Waals surface area contributed by atoms with Gasteiger partial charge in [0.2, 0.25) is 0 Å². The van der Waals surface area contributed by atoms with Gasteiger partial charge >= 0.3 is 0 Å². The van der Waals surface area contributed by atoms with Gasteiger partial charge < -0.3 is 21.7 Å². The lowest BCUT2D eigenvalue weighted by Crippen LogP contribution is -1.98. The van der Waals surface area contributed by atoms with Crippen molar-refractivity contribution in [2.24, 2.45) is 5.73 Å². The van der Waals surface area contributed by atoms with E-state index in [-0.39, 0.29) is 22.9 Å². The third-order valence-corrected chi connectivity index (χ3v) is 2.04. The molecule has 0 heterocycles. The van der Waals surface area contributed by atoms with Gasteiger partial charge in [0.25, 0.3) is 0 Å². The van der Waals surface area contributed by atoms with E-state index in [4.69, 9.17) is 11.5 Å². The number of aliphatic hydroxyl groups excluding tert-OH is 1. The Morgan fingerprint density at radius 3 is 2.44 bits per heavy atom. The smallest absolute Gasteiger partial charge is 0.139 e. The van der Waals surface area contributed by atoms with Crippen LogP contribution in [0.2, 0.25) is 0 Å². The molecule has 1 rings (SSSR count). The number of aromatic hydroxyl groups is 1.